The van der Waals surface area contributed by atoms with Crippen LogP contribution in [0, 0.1) is 0 Å². The van der Waals surface area contributed by atoms with Crippen molar-refractivity contribution in [3.63, 3.8) is 0 Å². The van der Waals surface area contributed by atoms with Crippen LogP contribution in [0.5, 0.6) is 0 Å². The van der Waals surface area contributed by atoms with E-state index in [2.05, 4.69) is 20.8 Å². The van der Waals surface area contributed by atoms with Gasteiger partial charge < -0.3 is 29.7 Å². The van der Waals surface area contributed by atoms with Gasteiger partial charge in [0.05, 0.1) is 17.9 Å². The zero-order valence-electron chi connectivity index (χ0n) is 32.2. The van der Waals surface area contributed by atoms with E-state index in [1.807, 2.05) is 0 Å². The molecular weight excluding hydrogens is 645 g/mol. The maximum absolute atomic E-state index is 10.1. The second-order valence-corrected chi connectivity index (χ2v) is 13.0. The molecule has 0 aromatic heterocycles. The molecule has 0 aliphatic carbocycles. The minimum atomic E-state index is -1.09. The van der Waals surface area contributed by atoms with Crippen molar-refractivity contribution >= 4 is 17.9 Å². The Bertz CT molecular complexity index is 662. The van der Waals surface area contributed by atoms with Gasteiger partial charge in [0.15, 0.2) is 0 Å². The van der Waals surface area contributed by atoms with E-state index in [9.17, 15) is 29.7 Å². The van der Waals surface area contributed by atoms with Crippen LogP contribution in [0.15, 0.2) is 36.5 Å². The van der Waals surface area contributed by atoms with Gasteiger partial charge in [-0.05, 0) is 56.8 Å². The molecule has 0 aliphatic rings. The normalized spacial score (nSPS) is 10.8. The van der Waals surface area contributed by atoms with Gasteiger partial charge in [-0.15, -0.1) is 0 Å². The standard InChI is InChI=1S/3C14H26O2.Sc/c3*1-2-3-4-5-6-7-8-9-10-11-12-13-14(15)16;/h3*12-13H,2-11H2,1H3,(H,15,16);/q;;;+3/p-3. The van der Waals surface area contributed by atoms with Crippen molar-refractivity contribution in [1.29, 1.82) is 0 Å². The van der Waals surface area contributed by atoms with Gasteiger partial charge in [0.2, 0.25) is 0 Å². The Kier molecular flexibility index (Phi) is 56.4. The average molecular weight is 721 g/mol. The molecule has 0 aromatic rings. The first kappa shape index (κ1) is 54.3. The third kappa shape index (κ3) is 65.5. The summed E-state index contributed by atoms with van der Waals surface area (Å²) < 4.78 is 0. The van der Waals surface area contributed by atoms with Crippen LogP contribution in [0.1, 0.15) is 213 Å². The average Bonchev–Trinajstić information content (AvgIpc) is 3.05. The third-order valence-electron chi connectivity index (χ3n) is 8.18. The molecule has 0 unspecified atom stereocenters. The molecule has 0 bridgehead atoms. The molecule has 0 rings (SSSR count). The predicted molar refractivity (Wildman–Crippen MR) is 198 cm³/mol. The van der Waals surface area contributed by atoms with E-state index in [1.54, 1.807) is 18.2 Å². The molecule has 7 heteroatoms. The number of carboxylic acid groups (broad SMARTS) is 3. The molecule has 0 atom stereocenters. The minimum absolute atomic E-state index is 0. The molecular formula is C42H75O6Sc. The Balaban J connectivity index is -0.000000307. The number of aliphatic carboxylic acids is 3. The van der Waals surface area contributed by atoms with Gasteiger partial charge in [0.25, 0.3) is 0 Å². The van der Waals surface area contributed by atoms with E-state index in [-0.39, 0.29) is 25.8 Å². The molecule has 0 N–H and O–H groups in total. The summed E-state index contributed by atoms with van der Waals surface area (Å²) in [5, 5.41) is 30.2. The zero-order valence-corrected chi connectivity index (χ0v) is 34.0. The predicted octanol–water partition coefficient (Wildman–Crippen LogP) is 9.64. The number of carboxylic acids is 3. The van der Waals surface area contributed by atoms with Crippen molar-refractivity contribution in [1.82, 2.24) is 0 Å². The van der Waals surface area contributed by atoms with E-state index in [0.717, 1.165) is 56.8 Å². The summed E-state index contributed by atoms with van der Waals surface area (Å²) in [5.74, 6) is -3.26. The topological polar surface area (TPSA) is 120 Å². The van der Waals surface area contributed by atoms with Gasteiger partial charge in [-0.2, -0.15) is 0 Å². The van der Waals surface area contributed by atoms with Crippen LogP contribution < -0.4 is 15.3 Å². The largest absolute Gasteiger partial charge is 3.00 e. The van der Waals surface area contributed by atoms with Gasteiger partial charge in [-0.25, -0.2) is 0 Å². The first-order valence-corrected chi connectivity index (χ1v) is 19.9. The van der Waals surface area contributed by atoms with Crippen LogP contribution in [-0.4, -0.2) is 17.9 Å². The number of rotatable bonds is 33. The monoisotopic (exact) mass is 721 g/mol. The third-order valence-corrected chi connectivity index (χ3v) is 8.18. The maximum Gasteiger partial charge on any atom is 3.00 e. The fourth-order valence-corrected chi connectivity index (χ4v) is 5.26. The first-order valence-electron chi connectivity index (χ1n) is 19.9. The van der Waals surface area contributed by atoms with Crippen molar-refractivity contribution < 1.29 is 55.5 Å². The Morgan fingerprint density at radius 3 is 0.653 bits per heavy atom. The first-order chi connectivity index (χ1) is 23.3. The summed E-state index contributed by atoms with van der Waals surface area (Å²) in [7, 11) is 0. The van der Waals surface area contributed by atoms with Gasteiger partial charge in [-0.1, -0.05) is 193 Å². The molecule has 6 nitrogen and oxygen atoms in total. The smallest absolute Gasteiger partial charge is 0.545 e. The number of carbonyl (C=O) groups is 3. The minimum Gasteiger partial charge on any atom is -0.545 e. The molecule has 0 saturated heterocycles. The van der Waals surface area contributed by atoms with Crippen molar-refractivity contribution in [2.75, 3.05) is 0 Å². The van der Waals surface area contributed by atoms with E-state index in [1.165, 1.54) is 154 Å². The molecule has 0 radical (unpaired) electrons. The number of hydrogen-bond acceptors (Lipinski definition) is 6. The summed E-state index contributed by atoms with van der Waals surface area (Å²) in [5.41, 5.74) is 0. The maximum atomic E-state index is 10.1. The summed E-state index contributed by atoms with van der Waals surface area (Å²) >= 11 is 0. The number of hydrogen-bond donors (Lipinski definition) is 0. The van der Waals surface area contributed by atoms with Crippen LogP contribution in [0.2, 0.25) is 0 Å². The van der Waals surface area contributed by atoms with Gasteiger partial charge in [0, 0.05) is 0 Å². The second-order valence-electron chi connectivity index (χ2n) is 13.0. The molecule has 0 saturated carbocycles. The Morgan fingerprint density at radius 2 is 0.490 bits per heavy atom. The van der Waals surface area contributed by atoms with Gasteiger partial charge in [-0.3, -0.25) is 0 Å². The van der Waals surface area contributed by atoms with Crippen molar-refractivity contribution in [3.8, 4) is 0 Å². The van der Waals surface area contributed by atoms with E-state index in [0.29, 0.717) is 0 Å². The fourth-order valence-electron chi connectivity index (χ4n) is 5.26. The molecule has 0 fully saturated rings. The second kappa shape index (κ2) is 50.9. The van der Waals surface area contributed by atoms with Crippen LogP contribution in [0.4, 0.5) is 0 Å². The van der Waals surface area contributed by atoms with Crippen LogP contribution in [0.3, 0.4) is 0 Å². The van der Waals surface area contributed by atoms with E-state index in [4.69, 9.17) is 0 Å². The summed E-state index contributed by atoms with van der Waals surface area (Å²) in [6.07, 6.45) is 46.2. The number of carbonyl (C=O) groups excluding carboxylic acids is 3. The molecule has 0 spiro atoms. The molecule has 0 aromatic carbocycles. The summed E-state index contributed by atoms with van der Waals surface area (Å²) in [6, 6.07) is 0. The van der Waals surface area contributed by atoms with Gasteiger partial charge >= 0.3 is 25.8 Å². The van der Waals surface area contributed by atoms with Gasteiger partial charge in [0.1, 0.15) is 0 Å². The summed E-state index contributed by atoms with van der Waals surface area (Å²) in [6.45, 7) is 6.71. The Hall–Kier alpha value is -1.50. The number of unbranched alkanes of at least 4 members (excludes halogenated alkanes) is 27. The van der Waals surface area contributed by atoms with E-state index < -0.39 is 17.9 Å². The molecule has 0 heterocycles. The molecule has 0 aliphatic heterocycles. The molecule has 49 heavy (non-hydrogen) atoms. The number of allylic oxidation sites excluding steroid dienone is 3. The summed E-state index contributed by atoms with van der Waals surface area (Å²) in [4.78, 5) is 30.2. The molecule has 282 valence electrons. The van der Waals surface area contributed by atoms with Crippen molar-refractivity contribution in [2.45, 2.75) is 213 Å². The quantitative estimate of drug-likeness (QED) is 0.0492. The van der Waals surface area contributed by atoms with Crippen LogP contribution in [-0.2, 0) is 40.2 Å². The zero-order chi connectivity index (χ0) is 36.2. The Morgan fingerprint density at radius 1 is 0.327 bits per heavy atom. The van der Waals surface area contributed by atoms with Crippen molar-refractivity contribution in [3.05, 3.63) is 36.5 Å². The Labute approximate surface area is 321 Å². The van der Waals surface area contributed by atoms with Crippen molar-refractivity contribution in [2.24, 2.45) is 0 Å². The SMILES string of the molecule is CCCCCCCCCCCC=CC(=O)[O-].CCCCCCCCCCCC=CC(=O)[O-].CCCCCCCCCCCC=CC(=O)[O-].[Sc+3]. The fraction of sp³-hybridized carbons (Fsp3) is 0.786. The molecule has 0 amide bonds. The van der Waals surface area contributed by atoms with Crippen LogP contribution >= 0.6 is 0 Å². The van der Waals surface area contributed by atoms with E-state index >= 15 is 0 Å². The van der Waals surface area contributed by atoms with Crippen LogP contribution in [0.25, 0.3) is 0 Å².